The topological polar surface area (TPSA) is 84.7 Å². The number of fused-ring (bicyclic) bond motifs is 2. The lowest BCUT2D eigenvalue weighted by molar-refractivity contribution is 0.479. The van der Waals surface area contributed by atoms with Gasteiger partial charge in [-0.2, -0.15) is 0 Å². The Kier molecular flexibility index (Phi) is 4.20. The highest BCUT2D eigenvalue weighted by Gasteiger charge is 2.26. The molecule has 0 atom stereocenters. The number of imidazole rings is 1. The smallest absolute Gasteiger partial charge is 0.165 e. The molecule has 1 N–H and O–H groups in total. The fourth-order valence-corrected chi connectivity index (χ4v) is 4.13. The molecule has 2 aliphatic rings. The van der Waals surface area contributed by atoms with E-state index in [1.54, 1.807) is 6.33 Å². The van der Waals surface area contributed by atoms with Crippen LogP contribution in [0.2, 0.25) is 0 Å². The molecule has 0 spiro atoms. The van der Waals surface area contributed by atoms with Gasteiger partial charge in [0.25, 0.3) is 0 Å². The van der Waals surface area contributed by atoms with Crippen LogP contribution in [0.25, 0.3) is 11.2 Å². The van der Waals surface area contributed by atoms with E-state index in [-0.39, 0.29) is 0 Å². The number of nitrogens with zero attached hydrogens (tertiary/aromatic N) is 7. The van der Waals surface area contributed by atoms with Gasteiger partial charge >= 0.3 is 0 Å². The minimum atomic E-state index is 0.423. The van der Waals surface area contributed by atoms with E-state index in [1.807, 2.05) is 12.5 Å². The maximum atomic E-state index is 4.89. The Bertz CT molecular complexity index is 957. The lowest BCUT2D eigenvalue weighted by atomic mass is 9.95. The maximum absolute atomic E-state index is 4.89. The van der Waals surface area contributed by atoms with Gasteiger partial charge in [0.2, 0.25) is 0 Å². The standard InChI is InChI=1S/C19H24N8/c1-2-26-12-24-16-18(26)22-11-23-19(16)27-7-4-13(5-8-27)17-21-10-14-9-20-6-3-15(14)25-17/h10-13,20H,2-9H2,1H3. The first kappa shape index (κ1) is 16.6. The highest BCUT2D eigenvalue weighted by Crippen LogP contribution is 2.30. The second kappa shape index (κ2) is 6.84. The van der Waals surface area contributed by atoms with Gasteiger partial charge in [-0.05, 0) is 19.8 Å². The molecule has 3 aromatic heterocycles. The third-order valence-corrected chi connectivity index (χ3v) is 5.71. The molecule has 2 aliphatic heterocycles. The van der Waals surface area contributed by atoms with Crippen LogP contribution in [0.3, 0.4) is 0 Å². The van der Waals surface area contributed by atoms with Gasteiger partial charge in [0.05, 0.1) is 6.33 Å². The van der Waals surface area contributed by atoms with Crippen molar-refractivity contribution in [2.45, 2.75) is 45.2 Å². The van der Waals surface area contributed by atoms with E-state index in [1.165, 1.54) is 11.3 Å². The van der Waals surface area contributed by atoms with Gasteiger partial charge < -0.3 is 14.8 Å². The number of hydrogen-bond donors (Lipinski definition) is 1. The largest absolute Gasteiger partial charge is 0.355 e. The minimum absolute atomic E-state index is 0.423. The molecule has 0 unspecified atom stereocenters. The summed E-state index contributed by atoms with van der Waals surface area (Å²) >= 11 is 0. The molecule has 1 fully saturated rings. The second-order valence-corrected chi connectivity index (χ2v) is 7.29. The Morgan fingerprint density at radius 3 is 2.89 bits per heavy atom. The zero-order valence-corrected chi connectivity index (χ0v) is 15.6. The van der Waals surface area contributed by atoms with Gasteiger partial charge in [-0.3, -0.25) is 0 Å². The third-order valence-electron chi connectivity index (χ3n) is 5.71. The van der Waals surface area contributed by atoms with E-state index in [4.69, 9.17) is 4.98 Å². The molecule has 5 rings (SSSR count). The molecular formula is C19H24N8. The SMILES string of the molecule is CCn1cnc2c(N3CCC(c4ncc5c(n4)CCNC5)CC3)ncnc21. The molecule has 0 saturated carbocycles. The first-order valence-electron chi connectivity index (χ1n) is 9.79. The van der Waals surface area contributed by atoms with Crippen LogP contribution >= 0.6 is 0 Å². The molecule has 8 heteroatoms. The zero-order valence-electron chi connectivity index (χ0n) is 15.6. The van der Waals surface area contributed by atoms with Gasteiger partial charge in [-0.15, -0.1) is 0 Å². The van der Waals surface area contributed by atoms with E-state index < -0.39 is 0 Å². The number of aromatic nitrogens is 6. The van der Waals surface area contributed by atoms with Gasteiger partial charge in [0, 0.05) is 62.5 Å². The van der Waals surface area contributed by atoms with Crippen LogP contribution in [0.1, 0.15) is 42.8 Å². The number of hydrogen-bond acceptors (Lipinski definition) is 7. The Balaban J connectivity index is 1.34. The highest BCUT2D eigenvalue weighted by atomic mass is 15.2. The molecule has 0 bridgehead atoms. The van der Waals surface area contributed by atoms with Crippen molar-refractivity contribution in [3.8, 4) is 0 Å². The number of anilines is 1. The van der Waals surface area contributed by atoms with E-state index in [2.05, 4.69) is 41.6 Å². The molecule has 3 aromatic rings. The van der Waals surface area contributed by atoms with Crippen LogP contribution in [0.15, 0.2) is 18.9 Å². The molecular weight excluding hydrogens is 340 g/mol. The summed E-state index contributed by atoms with van der Waals surface area (Å²) < 4.78 is 2.06. The first-order valence-corrected chi connectivity index (χ1v) is 9.79. The number of nitrogens with one attached hydrogen (secondary N) is 1. The van der Waals surface area contributed by atoms with E-state index in [0.717, 1.165) is 74.8 Å². The quantitative estimate of drug-likeness (QED) is 0.756. The molecule has 27 heavy (non-hydrogen) atoms. The van der Waals surface area contributed by atoms with Crippen molar-refractivity contribution in [1.82, 2.24) is 34.8 Å². The third kappa shape index (κ3) is 2.93. The summed E-state index contributed by atoms with van der Waals surface area (Å²) in [7, 11) is 0. The highest BCUT2D eigenvalue weighted by molar-refractivity contribution is 5.83. The minimum Gasteiger partial charge on any atom is -0.355 e. The molecule has 0 radical (unpaired) electrons. The Labute approximate surface area is 158 Å². The van der Waals surface area contributed by atoms with Gasteiger partial charge in [0.15, 0.2) is 17.0 Å². The number of piperidine rings is 1. The lowest BCUT2D eigenvalue weighted by Gasteiger charge is -2.32. The van der Waals surface area contributed by atoms with Crippen LogP contribution in [-0.2, 0) is 19.5 Å². The van der Waals surface area contributed by atoms with Crippen LogP contribution in [0, 0.1) is 0 Å². The average molecular weight is 364 g/mol. The van der Waals surface area contributed by atoms with Crippen molar-refractivity contribution in [3.63, 3.8) is 0 Å². The zero-order chi connectivity index (χ0) is 18.2. The van der Waals surface area contributed by atoms with Gasteiger partial charge in [-0.1, -0.05) is 0 Å². The summed E-state index contributed by atoms with van der Waals surface area (Å²) in [5, 5.41) is 3.38. The summed E-state index contributed by atoms with van der Waals surface area (Å²) in [6.45, 7) is 6.75. The van der Waals surface area contributed by atoms with Crippen molar-refractivity contribution in [2.75, 3.05) is 24.5 Å². The maximum Gasteiger partial charge on any atom is 0.165 e. The Morgan fingerprint density at radius 1 is 1.15 bits per heavy atom. The Morgan fingerprint density at radius 2 is 2.04 bits per heavy atom. The summed E-state index contributed by atoms with van der Waals surface area (Å²) in [5.41, 5.74) is 4.28. The van der Waals surface area contributed by atoms with Crippen LogP contribution in [-0.4, -0.2) is 49.1 Å². The van der Waals surface area contributed by atoms with Crippen LogP contribution in [0.4, 0.5) is 5.82 Å². The van der Waals surface area contributed by atoms with Crippen molar-refractivity contribution in [3.05, 3.63) is 35.9 Å². The molecule has 140 valence electrons. The summed E-state index contributed by atoms with van der Waals surface area (Å²) in [6.07, 6.45) is 8.60. The summed E-state index contributed by atoms with van der Waals surface area (Å²) in [6, 6.07) is 0. The van der Waals surface area contributed by atoms with Gasteiger partial charge in [-0.25, -0.2) is 24.9 Å². The summed E-state index contributed by atoms with van der Waals surface area (Å²) in [5.74, 6) is 2.38. The molecule has 0 aliphatic carbocycles. The van der Waals surface area contributed by atoms with Crippen molar-refractivity contribution in [1.29, 1.82) is 0 Å². The average Bonchev–Trinajstić information content (AvgIpc) is 3.17. The monoisotopic (exact) mass is 364 g/mol. The predicted molar refractivity (Wildman–Crippen MR) is 103 cm³/mol. The second-order valence-electron chi connectivity index (χ2n) is 7.29. The van der Waals surface area contributed by atoms with Gasteiger partial charge in [0.1, 0.15) is 12.2 Å². The molecule has 1 saturated heterocycles. The predicted octanol–water partition coefficient (Wildman–Crippen LogP) is 1.67. The van der Waals surface area contributed by atoms with Crippen molar-refractivity contribution < 1.29 is 0 Å². The first-order chi connectivity index (χ1) is 13.3. The van der Waals surface area contributed by atoms with Crippen LogP contribution in [0.5, 0.6) is 0 Å². The fraction of sp³-hybridized carbons (Fsp3) is 0.526. The lowest BCUT2D eigenvalue weighted by Crippen LogP contribution is -2.34. The van der Waals surface area contributed by atoms with Crippen molar-refractivity contribution in [2.24, 2.45) is 0 Å². The molecule has 0 amide bonds. The van der Waals surface area contributed by atoms with E-state index in [0.29, 0.717) is 5.92 Å². The molecule has 8 nitrogen and oxygen atoms in total. The van der Waals surface area contributed by atoms with E-state index in [9.17, 15) is 0 Å². The molecule has 0 aromatic carbocycles. The molecule has 5 heterocycles. The summed E-state index contributed by atoms with van der Waals surface area (Å²) in [4.78, 5) is 25.4. The van der Waals surface area contributed by atoms with Crippen LogP contribution < -0.4 is 10.2 Å². The number of rotatable bonds is 3. The Hall–Kier alpha value is -2.61. The van der Waals surface area contributed by atoms with E-state index >= 15 is 0 Å². The van der Waals surface area contributed by atoms with Crippen molar-refractivity contribution >= 4 is 17.0 Å². The normalized spacial score (nSPS) is 18.0. The number of aryl methyl sites for hydroxylation is 1. The fourth-order valence-electron chi connectivity index (χ4n) is 4.13.